The van der Waals surface area contributed by atoms with Gasteiger partial charge in [-0.2, -0.15) is 0 Å². The molecule has 0 N–H and O–H groups in total. The molecular formula is C16H24N4OS. The monoisotopic (exact) mass is 320 g/mol. The first-order valence-electron chi connectivity index (χ1n) is 7.63. The average molecular weight is 320 g/mol. The summed E-state index contributed by atoms with van der Waals surface area (Å²) in [5.74, 6) is 1.16. The molecule has 2 aromatic heterocycles. The van der Waals surface area contributed by atoms with E-state index in [9.17, 15) is 4.79 Å². The average Bonchev–Trinajstić information content (AvgIpc) is 3.08. The molecule has 5 nitrogen and oxygen atoms in total. The highest BCUT2D eigenvalue weighted by atomic mass is 32.1. The number of imidazole rings is 1. The Bertz CT molecular complexity index is 646. The van der Waals surface area contributed by atoms with Crippen LogP contribution >= 0.6 is 11.3 Å². The van der Waals surface area contributed by atoms with Crippen LogP contribution in [0.25, 0.3) is 0 Å². The van der Waals surface area contributed by atoms with Crippen LogP contribution in [0.2, 0.25) is 0 Å². The van der Waals surface area contributed by atoms with E-state index in [1.54, 1.807) is 22.4 Å². The highest BCUT2D eigenvalue weighted by molar-refractivity contribution is 7.11. The normalized spacial score (nSPS) is 12.4. The van der Waals surface area contributed by atoms with Gasteiger partial charge in [-0.05, 0) is 20.8 Å². The largest absolute Gasteiger partial charge is 0.337 e. The standard InChI is InChI=1S/C16H24N4OS/c1-6-14-17-8-10-20(14)9-7-15(21)19(5)11(2)16-12(3)22-13(4)18-16/h8,10-11H,6-7,9H2,1-5H3/t11-/m0/s1. The fourth-order valence-corrected chi connectivity index (χ4v) is 3.49. The minimum atomic E-state index is 0.00545. The molecule has 1 atom stereocenters. The van der Waals surface area contributed by atoms with Crippen molar-refractivity contribution >= 4 is 17.2 Å². The Kier molecular flexibility index (Phi) is 5.34. The highest BCUT2D eigenvalue weighted by Gasteiger charge is 2.21. The molecule has 22 heavy (non-hydrogen) atoms. The summed E-state index contributed by atoms with van der Waals surface area (Å²) >= 11 is 1.68. The number of hydrogen-bond donors (Lipinski definition) is 0. The zero-order valence-electron chi connectivity index (χ0n) is 14.0. The Morgan fingerprint density at radius 3 is 2.77 bits per heavy atom. The van der Waals surface area contributed by atoms with Gasteiger partial charge in [0, 0.05) is 43.7 Å². The second-order valence-electron chi connectivity index (χ2n) is 5.50. The molecule has 0 aromatic carbocycles. The Hall–Kier alpha value is -1.69. The fourth-order valence-electron chi connectivity index (χ4n) is 2.58. The van der Waals surface area contributed by atoms with E-state index in [-0.39, 0.29) is 11.9 Å². The third-order valence-corrected chi connectivity index (χ3v) is 4.90. The molecule has 0 bridgehead atoms. The molecule has 0 aliphatic rings. The van der Waals surface area contributed by atoms with Crippen LogP contribution < -0.4 is 0 Å². The van der Waals surface area contributed by atoms with Gasteiger partial charge < -0.3 is 9.47 Å². The predicted molar refractivity (Wildman–Crippen MR) is 89.0 cm³/mol. The first-order chi connectivity index (χ1) is 10.4. The number of aromatic nitrogens is 3. The van der Waals surface area contributed by atoms with Gasteiger partial charge in [-0.25, -0.2) is 9.97 Å². The van der Waals surface area contributed by atoms with Crippen molar-refractivity contribution in [3.05, 3.63) is 33.8 Å². The van der Waals surface area contributed by atoms with Crippen molar-refractivity contribution in [1.82, 2.24) is 19.4 Å². The fraction of sp³-hybridized carbons (Fsp3) is 0.562. The Labute approximate surface area is 136 Å². The van der Waals surface area contributed by atoms with E-state index in [0.29, 0.717) is 13.0 Å². The first-order valence-corrected chi connectivity index (χ1v) is 8.45. The summed E-state index contributed by atoms with van der Waals surface area (Å²) in [5.41, 5.74) is 1.01. The molecule has 2 rings (SSSR count). The number of hydrogen-bond acceptors (Lipinski definition) is 4. The predicted octanol–water partition coefficient (Wildman–Crippen LogP) is 3.13. The third kappa shape index (κ3) is 3.55. The first kappa shape index (κ1) is 16.7. The molecule has 1 amide bonds. The van der Waals surface area contributed by atoms with Gasteiger partial charge in [-0.3, -0.25) is 4.79 Å². The summed E-state index contributed by atoms with van der Waals surface area (Å²) in [5, 5.41) is 1.05. The van der Waals surface area contributed by atoms with E-state index in [2.05, 4.69) is 28.4 Å². The molecule has 0 radical (unpaired) electrons. The van der Waals surface area contributed by atoms with Gasteiger partial charge in [0.2, 0.25) is 5.91 Å². The molecule has 0 unspecified atom stereocenters. The number of carbonyl (C=O) groups excluding carboxylic acids is 1. The molecule has 6 heteroatoms. The number of carbonyl (C=O) groups is 1. The van der Waals surface area contributed by atoms with Crippen LogP contribution in [0, 0.1) is 13.8 Å². The van der Waals surface area contributed by atoms with Gasteiger partial charge in [0.15, 0.2) is 0 Å². The van der Waals surface area contributed by atoms with Gasteiger partial charge in [0.25, 0.3) is 0 Å². The zero-order chi connectivity index (χ0) is 16.3. The van der Waals surface area contributed by atoms with Gasteiger partial charge in [-0.15, -0.1) is 11.3 Å². The summed E-state index contributed by atoms with van der Waals surface area (Å²) in [6.07, 6.45) is 5.08. The van der Waals surface area contributed by atoms with Crippen molar-refractivity contribution < 1.29 is 4.79 Å². The molecular weight excluding hydrogens is 296 g/mol. The third-order valence-electron chi connectivity index (χ3n) is 3.99. The molecule has 0 aliphatic carbocycles. The van der Waals surface area contributed by atoms with E-state index in [1.807, 2.05) is 27.1 Å². The lowest BCUT2D eigenvalue weighted by atomic mass is 10.2. The minimum Gasteiger partial charge on any atom is -0.337 e. The SMILES string of the molecule is CCc1nccn1CCC(=O)N(C)[C@@H](C)c1nc(C)sc1C. The lowest BCUT2D eigenvalue weighted by molar-refractivity contribution is -0.132. The van der Waals surface area contributed by atoms with Gasteiger partial charge in [0.05, 0.1) is 16.7 Å². The van der Waals surface area contributed by atoms with Crippen molar-refractivity contribution in [2.45, 2.75) is 53.1 Å². The molecule has 0 aliphatic heterocycles. The number of thiazole rings is 1. The Morgan fingerprint density at radius 2 is 2.18 bits per heavy atom. The van der Waals surface area contributed by atoms with Gasteiger partial charge >= 0.3 is 0 Å². The summed E-state index contributed by atoms with van der Waals surface area (Å²) in [6, 6.07) is 0.00545. The van der Waals surface area contributed by atoms with Crippen LogP contribution in [0.3, 0.4) is 0 Å². The Morgan fingerprint density at radius 1 is 1.45 bits per heavy atom. The van der Waals surface area contributed by atoms with Crippen molar-refractivity contribution in [2.75, 3.05) is 7.05 Å². The maximum Gasteiger partial charge on any atom is 0.224 e. The number of aryl methyl sites for hydroxylation is 4. The van der Waals surface area contributed by atoms with E-state index >= 15 is 0 Å². The molecule has 0 saturated carbocycles. The van der Waals surface area contributed by atoms with Gasteiger partial charge in [0.1, 0.15) is 5.82 Å². The van der Waals surface area contributed by atoms with E-state index in [4.69, 9.17) is 0 Å². The van der Waals surface area contributed by atoms with Crippen molar-refractivity contribution in [3.8, 4) is 0 Å². The lowest BCUT2D eigenvalue weighted by Crippen LogP contribution is -2.31. The number of amides is 1. The van der Waals surface area contributed by atoms with E-state index < -0.39 is 0 Å². The van der Waals surface area contributed by atoms with Crippen LogP contribution in [-0.2, 0) is 17.8 Å². The zero-order valence-corrected chi connectivity index (χ0v) is 14.8. The van der Waals surface area contributed by atoms with Crippen molar-refractivity contribution in [1.29, 1.82) is 0 Å². The molecule has 0 saturated heterocycles. The molecule has 2 heterocycles. The van der Waals surface area contributed by atoms with Crippen LogP contribution in [0.15, 0.2) is 12.4 Å². The van der Waals surface area contributed by atoms with E-state index in [1.165, 1.54) is 4.88 Å². The maximum absolute atomic E-state index is 12.4. The number of nitrogens with zero attached hydrogens (tertiary/aromatic N) is 4. The maximum atomic E-state index is 12.4. The molecule has 2 aromatic rings. The summed E-state index contributed by atoms with van der Waals surface area (Å²) in [6.45, 7) is 8.85. The second-order valence-corrected chi connectivity index (χ2v) is 6.90. The summed E-state index contributed by atoms with van der Waals surface area (Å²) in [4.78, 5) is 24.3. The van der Waals surface area contributed by atoms with E-state index in [0.717, 1.165) is 22.9 Å². The second kappa shape index (κ2) is 7.05. The lowest BCUT2D eigenvalue weighted by Gasteiger charge is -2.24. The molecule has 0 fully saturated rings. The summed E-state index contributed by atoms with van der Waals surface area (Å²) < 4.78 is 2.05. The molecule has 0 spiro atoms. The van der Waals surface area contributed by atoms with Crippen molar-refractivity contribution in [3.63, 3.8) is 0 Å². The van der Waals surface area contributed by atoms with Crippen LogP contribution in [0.1, 0.15) is 47.7 Å². The highest BCUT2D eigenvalue weighted by Crippen LogP contribution is 2.26. The number of rotatable bonds is 6. The van der Waals surface area contributed by atoms with Crippen LogP contribution in [-0.4, -0.2) is 32.4 Å². The quantitative estimate of drug-likeness (QED) is 0.821. The smallest absolute Gasteiger partial charge is 0.224 e. The van der Waals surface area contributed by atoms with Crippen LogP contribution in [0.5, 0.6) is 0 Å². The van der Waals surface area contributed by atoms with Gasteiger partial charge in [-0.1, -0.05) is 6.92 Å². The topological polar surface area (TPSA) is 51.0 Å². The minimum absolute atomic E-state index is 0.00545. The van der Waals surface area contributed by atoms with Crippen LogP contribution in [0.4, 0.5) is 0 Å². The Balaban J connectivity index is 1.98. The van der Waals surface area contributed by atoms with Crippen molar-refractivity contribution in [2.24, 2.45) is 0 Å². The molecule has 120 valence electrons. The summed E-state index contributed by atoms with van der Waals surface area (Å²) in [7, 11) is 1.86.